The van der Waals surface area contributed by atoms with Gasteiger partial charge in [-0.1, -0.05) is 0 Å². The van der Waals surface area contributed by atoms with E-state index in [0.717, 1.165) is 23.3 Å². The normalized spacial score (nSPS) is 20.5. The van der Waals surface area contributed by atoms with Gasteiger partial charge in [0.15, 0.2) is 10.8 Å². The van der Waals surface area contributed by atoms with Crippen molar-refractivity contribution in [3.05, 3.63) is 17.3 Å². The van der Waals surface area contributed by atoms with Gasteiger partial charge in [0.2, 0.25) is 0 Å². The van der Waals surface area contributed by atoms with Crippen molar-refractivity contribution < 1.29 is 0 Å². The smallest absolute Gasteiger partial charge is 0.195 e. The molecule has 20 heavy (non-hydrogen) atoms. The Kier molecular flexibility index (Phi) is 3.00. The molecule has 2 aliphatic rings. The van der Waals surface area contributed by atoms with Crippen molar-refractivity contribution in [3.8, 4) is 0 Å². The third kappa shape index (κ3) is 2.33. The highest BCUT2D eigenvalue weighted by Crippen LogP contribution is 2.39. The predicted molar refractivity (Wildman–Crippen MR) is 83.5 cm³/mol. The molecule has 4 nitrogen and oxygen atoms in total. The summed E-state index contributed by atoms with van der Waals surface area (Å²) in [4.78, 5) is 8.61. The van der Waals surface area contributed by atoms with Crippen LogP contribution in [0.2, 0.25) is 0 Å². The van der Waals surface area contributed by atoms with Crippen LogP contribution in [0.1, 0.15) is 38.3 Å². The number of nitrogens with two attached hydrogens (primary N) is 1. The molecule has 0 amide bonds. The van der Waals surface area contributed by atoms with Gasteiger partial charge in [0, 0.05) is 36.6 Å². The maximum absolute atomic E-state index is 6.06. The Morgan fingerprint density at radius 1 is 1.45 bits per heavy atom. The van der Waals surface area contributed by atoms with Crippen molar-refractivity contribution in [1.82, 2.24) is 9.38 Å². The zero-order valence-electron chi connectivity index (χ0n) is 12.0. The Bertz CT molecular complexity index is 606. The van der Waals surface area contributed by atoms with Gasteiger partial charge < -0.3 is 10.6 Å². The van der Waals surface area contributed by atoms with E-state index in [1.165, 1.54) is 43.7 Å². The number of hydrogen-bond acceptors (Lipinski definition) is 4. The summed E-state index contributed by atoms with van der Waals surface area (Å²) in [6.45, 7) is 3.28. The lowest BCUT2D eigenvalue weighted by Crippen LogP contribution is -2.30. The molecule has 4 rings (SSSR count). The van der Waals surface area contributed by atoms with Crippen LogP contribution in [-0.4, -0.2) is 28.0 Å². The number of imidazole rings is 1. The zero-order chi connectivity index (χ0) is 13.7. The average Bonchev–Trinajstić information content (AvgIpc) is 3.29. The summed E-state index contributed by atoms with van der Waals surface area (Å²) in [7, 11) is 0. The lowest BCUT2D eigenvalue weighted by atomic mass is 10.2. The highest BCUT2D eigenvalue weighted by Gasteiger charge is 2.36. The Balaban J connectivity index is 1.73. The fraction of sp³-hybridized carbons (Fsp3) is 0.667. The summed E-state index contributed by atoms with van der Waals surface area (Å²) in [6.07, 6.45) is 8.49. The van der Waals surface area contributed by atoms with Crippen molar-refractivity contribution in [2.24, 2.45) is 11.7 Å². The maximum Gasteiger partial charge on any atom is 0.195 e. The van der Waals surface area contributed by atoms with Crippen molar-refractivity contribution in [2.75, 3.05) is 11.4 Å². The van der Waals surface area contributed by atoms with Crippen LogP contribution in [0.25, 0.3) is 4.96 Å². The van der Waals surface area contributed by atoms with Crippen LogP contribution in [0.5, 0.6) is 0 Å². The van der Waals surface area contributed by atoms with Gasteiger partial charge in [0.25, 0.3) is 0 Å². The second-order valence-electron chi connectivity index (χ2n) is 6.45. The summed E-state index contributed by atoms with van der Waals surface area (Å²) in [5.74, 6) is 2.11. The van der Waals surface area contributed by atoms with E-state index in [4.69, 9.17) is 10.7 Å². The van der Waals surface area contributed by atoms with E-state index in [9.17, 15) is 0 Å². The van der Waals surface area contributed by atoms with E-state index >= 15 is 0 Å². The highest BCUT2D eigenvalue weighted by molar-refractivity contribution is 7.15. The van der Waals surface area contributed by atoms with Crippen molar-refractivity contribution in [3.63, 3.8) is 0 Å². The lowest BCUT2D eigenvalue weighted by Gasteiger charge is -2.24. The standard InChI is InChI=1S/C15H22N4S/c1-10(16)8-13-14(17-15-18(13)6-7-20-15)19(12-4-5-12)9-11-2-3-11/h6-7,10-12H,2-5,8-9,16H2,1H3. The van der Waals surface area contributed by atoms with E-state index in [-0.39, 0.29) is 6.04 Å². The van der Waals surface area contributed by atoms with Crippen LogP contribution in [0.4, 0.5) is 5.82 Å². The van der Waals surface area contributed by atoms with Gasteiger partial charge >= 0.3 is 0 Å². The molecule has 2 fully saturated rings. The van der Waals surface area contributed by atoms with Gasteiger partial charge in [-0.2, -0.15) is 0 Å². The molecule has 1 atom stereocenters. The summed E-state index contributed by atoms with van der Waals surface area (Å²) in [6, 6.07) is 0.905. The first-order chi connectivity index (χ1) is 9.72. The first-order valence-corrected chi connectivity index (χ1v) is 8.57. The second-order valence-corrected chi connectivity index (χ2v) is 7.32. The molecule has 0 radical (unpaired) electrons. The summed E-state index contributed by atoms with van der Waals surface area (Å²) < 4.78 is 2.24. The van der Waals surface area contributed by atoms with Crippen LogP contribution in [0.3, 0.4) is 0 Å². The molecule has 2 aliphatic carbocycles. The van der Waals surface area contributed by atoms with Crippen LogP contribution in [0, 0.1) is 5.92 Å². The minimum atomic E-state index is 0.176. The number of aromatic nitrogens is 2. The molecule has 2 heterocycles. The van der Waals surface area contributed by atoms with E-state index in [1.54, 1.807) is 11.3 Å². The number of thiazole rings is 1. The van der Waals surface area contributed by atoms with Crippen molar-refractivity contribution >= 4 is 22.1 Å². The second kappa shape index (κ2) is 4.74. The minimum absolute atomic E-state index is 0.176. The number of hydrogen-bond donors (Lipinski definition) is 1. The lowest BCUT2D eigenvalue weighted by molar-refractivity contribution is 0.684. The van der Waals surface area contributed by atoms with Gasteiger partial charge in [-0.15, -0.1) is 11.3 Å². The molecule has 2 N–H and O–H groups in total. The molecule has 2 aromatic heterocycles. The molecule has 5 heteroatoms. The summed E-state index contributed by atoms with van der Waals surface area (Å²) in [5.41, 5.74) is 7.37. The topological polar surface area (TPSA) is 46.6 Å². The number of rotatable bonds is 6. The third-order valence-electron chi connectivity index (χ3n) is 4.27. The van der Waals surface area contributed by atoms with Gasteiger partial charge in [-0.3, -0.25) is 4.40 Å². The minimum Gasteiger partial charge on any atom is -0.352 e. The van der Waals surface area contributed by atoms with Crippen molar-refractivity contribution in [1.29, 1.82) is 0 Å². The number of anilines is 1. The van der Waals surface area contributed by atoms with Crippen molar-refractivity contribution in [2.45, 2.75) is 51.1 Å². The monoisotopic (exact) mass is 290 g/mol. The van der Waals surface area contributed by atoms with E-state index in [0.29, 0.717) is 0 Å². The van der Waals surface area contributed by atoms with E-state index in [2.05, 4.69) is 27.8 Å². The molecular weight excluding hydrogens is 268 g/mol. The molecular formula is C15H22N4S. The Morgan fingerprint density at radius 3 is 2.90 bits per heavy atom. The molecule has 0 spiro atoms. The van der Waals surface area contributed by atoms with Crippen LogP contribution in [0.15, 0.2) is 11.6 Å². The largest absolute Gasteiger partial charge is 0.352 e. The average molecular weight is 290 g/mol. The first kappa shape index (κ1) is 12.7. The molecule has 108 valence electrons. The van der Waals surface area contributed by atoms with Gasteiger partial charge in [-0.05, 0) is 38.5 Å². The third-order valence-corrected chi connectivity index (χ3v) is 5.02. The predicted octanol–water partition coefficient (Wildman–Crippen LogP) is 2.66. The first-order valence-electron chi connectivity index (χ1n) is 7.69. The summed E-state index contributed by atoms with van der Waals surface area (Å²) in [5, 5.41) is 2.11. The van der Waals surface area contributed by atoms with Crippen LogP contribution in [-0.2, 0) is 6.42 Å². The number of fused-ring (bicyclic) bond motifs is 1. The summed E-state index contributed by atoms with van der Waals surface area (Å²) >= 11 is 1.72. The fourth-order valence-electron chi connectivity index (χ4n) is 2.92. The van der Waals surface area contributed by atoms with E-state index in [1.807, 2.05) is 0 Å². The number of nitrogens with zero attached hydrogens (tertiary/aromatic N) is 3. The fourth-order valence-corrected chi connectivity index (χ4v) is 3.65. The van der Waals surface area contributed by atoms with Gasteiger partial charge in [-0.25, -0.2) is 4.98 Å². The highest BCUT2D eigenvalue weighted by atomic mass is 32.1. The van der Waals surface area contributed by atoms with Gasteiger partial charge in [0.1, 0.15) is 0 Å². The molecule has 2 saturated carbocycles. The maximum atomic E-state index is 6.06. The molecule has 0 saturated heterocycles. The molecule has 0 aromatic carbocycles. The molecule has 0 aliphatic heterocycles. The quantitative estimate of drug-likeness (QED) is 0.889. The van der Waals surface area contributed by atoms with E-state index < -0.39 is 0 Å². The Hall–Kier alpha value is -1.07. The molecule has 0 bridgehead atoms. The molecule has 2 aromatic rings. The van der Waals surface area contributed by atoms with Gasteiger partial charge in [0.05, 0.1) is 5.69 Å². The Morgan fingerprint density at radius 2 is 2.25 bits per heavy atom. The van der Waals surface area contributed by atoms with Crippen LogP contribution >= 0.6 is 11.3 Å². The SMILES string of the molecule is CC(N)Cc1c(N(CC2CC2)C2CC2)nc2sccn12. The Labute approximate surface area is 123 Å². The van der Waals surface area contributed by atoms with Crippen LogP contribution < -0.4 is 10.6 Å². The molecule has 1 unspecified atom stereocenters. The zero-order valence-corrected chi connectivity index (χ0v) is 12.8.